The van der Waals surface area contributed by atoms with Crippen LogP contribution in [0.25, 0.3) is 0 Å². The van der Waals surface area contributed by atoms with Crippen LogP contribution in [0, 0.1) is 11.6 Å². The molecule has 1 aromatic heterocycles. The van der Waals surface area contributed by atoms with Gasteiger partial charge in [0.1, 0.15) is 11.6 Å². The zero-order chi connectivity index (χ0) is 13.1. The van der Waals surface area contributed by atoms with Gasteiger partial charge in [0, 0.05) is 17.7 Å². The zero-order valence-electron chi connectivity index (χ0n) is 9.60. The Morgan fingerprint density at radius 1 is 1.17 bits per heavy atom. The number of rotatable bonds is 3. The number of nitrogens with zero attached hydrogens (tertiary/aromatic N) is 2. The molecule has 1 aromatic carbocycles. The van der Waals surface area contributed by atoms with Crippen molar-refractivity contribution in [2.24, 2.45) is 5.73 Å². The van der Waals surface area contributed by atoms with E-state index in [0.717, 1.165) is 12.1 Å². The van der Waals surface area contributed by atoms with Crippen LogP contribution in [0.4, 0.5) is 8.78 Å². The van der Waals surface area contributed by atoms with Crippen LogP contribution in [-0.4, -0.2) is 17.3 Å². The summed E-state index contributed by atoms with van der Waals surface area (Å²) in [6.07, 6.45) is 0. The number of aromatic nitrogens is 2. The van der Waals surface area contributed by atoms with Gasteiger partial charge in [-0.15, -0.1) is 10.2 Å². The molecule has 0 radical (unpaired) electrons. The lowest BCUT2D eigenvalue weighted by Gasteiger charge is -2.12. The first kappa shape index (κ1) is 12.4. The van der Waals surface area contributed by atoms with Crippen LogP contribution >= 0.6 is 0 Å². The standard InChI is InChI=1S/C12H11F2N3O/c1-18-11-5-4-10(16-17-11)12(15)8-3-2-7(13)6-9(8)14/h2-6,12H,15H2,1H3. The minimum absolute atomic E-state index is 0.163. The monoisotopic (exact) mass is 251 g/mol. The Bertz CT molecular complexity index is 546. The van der Waals surface area contributed by atoms with Gasteiger partial charge < -0.3 is 10.5 Å². The molecule has 2 aromatic rings. The number of hydrogen-bond donors (Lipinski definition) is 1. The quantitative estimate of drug-likeness (QED) is 0.903. The van der Waals surface area contributed by atoms with Crippen molar-refractivity contribution in [1.82, 2.24) is 10.2 Å². The first-order valence-corrected chi connectivity index (χ1v) is 5.20. The van der Waals surface area contributed by atoms with Crippen molar-refractivity contribution < 1.29 is 13.5 Å². The van der Waals surface area contributed by atoms with Crippen LogP contribution in [0.5, 0.6) is 5.88 Å². The Morgan fingerprint density at radius 2 is 1.94 bits per heavy atom. The summed E-state index contributed by atoms with van der Waals surface area (Å²) in [6, 6.07) is 5.58. The number of hydrogen-bond acceptors (Lipinski definition) is 4. The van der Waals surface area contributed by atoms with E-state index in [2.05, 4.69) is 10.2 Å². The third kappa shape index (κ3) is 2.43. The summed E-state index contributed by atoms with van der Waals surface area (Å²) in [4.78, 5) is 0. The molecule has 0 aliphatic carbocycles. The fourth-order valence-electron chi connectivity index (χ4n) is 1.52. The third-order valence-corrected chi connectivity index (χ3v) is 2.49. The molecule has 1 atom stereocenters. The molecule has 0 saturated heterocycles. The van der Waals surface area contributed by atoms with Gasteiger partial charge in [-0.1, -0.05) is 6.07 Å². The zero-order valence-corrected chi connectivity index (χ0v) is 9.60. The number of benzene rings is 1. The predicted octanol–water partition coefficient (Wildman–Crippen LogP) is 1.81. The number of ether oxygens (including phenoxy) is 1. The van der Waals surface area contributed by atoms with Gasteiger partial charge in [-0.2, -0.15) is 0 Å². The summed E-state index contributed by atoms with van der Waals surface area (Å²) in [5.41, 5.74) is 6.39. The summed E-state index contributed by atoms with van der Waals surface area (Å²) in [7, 11) is 1.46. The highest BCUT2D eigenvalue weighted by atomic mass is 19.1. The van der Waals surface area contributed by atoms with Crippen molar-refractivity contribution in [2.75, 3.05) is 7.11 Å². The summed E-state index contributed by atoms with van der Waals surface area (Å²) in [5, 5.41) is 7.57. The van der Waals surface area contributed by atoms with E-state index in [9.17, 15) is 8.78 Å². The summed E-state index contributed by atoms with van der Waals surface area (Å²) < 4.78 is 31.2. The molecule has 18 heavy (non-hydrogen) atoms. The molecular formula is C12H11F2N3O. The second kappa shape index (κ2) is 5.05. The molecule has 0 amide bonds. The van der Waals surface area contributed by atoms with Gasteiger partial charge in [-0.25, -0.2) is 8.78 Å². The molecule has 0 bridgehead atoms. The highest BCUT2D eigenvalue weighted by Gasteiger charge is 2.16. The molecule has 1 heterocycles. The van der Waals surface area contributed by atoms with Crippen LogP contribution in [0.2, 0.25) is 0 Å². The first-order chi connectivity index (χ1) is 8.61. The molecule has 2 N–H and O–H groups in total. The second-order valence-corrected chi connectivity index (χ2v) is 3.64. The molecule has 0 saturated carbocycles. The molecule has 0 aliphatic rings. The van der Waals surface area contributed by atoms with E-state index in [-0.39, 0.29) is 5.56 Å². The fraction of sp³-hybridized carbons (Fsp3) is 0.167. The van der Waals surface area contributed by atoms with Crippen LogP contribution in [0.3, 0.4) is 0 Å². The van der Waals surface area contributed by atoms with Gasteiger partial charge in [0.05, 0.1) is 18.8 Å². The van der Waals surface area contributed by atoms with Gasteiger partial charge in [0.2, 0.25) is 5.88 Å². The molecule has 4 nitrogen and oxygen atoms in total. The largest absolute Gasteiger partial charge is 0.480 e. The average molecular weight is 251 g/mol. The van der Waals surface area contributed by atoms with Crippen LogP contribution in [0.15, 0.2) is 30.3 Å². The van der Waals surface area contributed by atoms with Crippen LogP contribution in [0.1, 0.15) is 17.3 Å². The van der Waals surface area contributed by atoms with E-state index in [0.29, 0.717) is 11.6 Å². The lowest BCUT2D eigenvalue weighted by atomic mass is 10.0. The van der Waals surface area contributed by atoms with Crippen molar-refractivity contribution in [2.45, 2.75) is 6.04 Å². The first-order valence-electron chi connectivity index (χ1n) is 5.20. The lowest BCUT2D eigenvalue weighted by molar-refractivity contribution is 0.390. The van der Waals surface area contributed by atoms with Gasteiger partial charge in [-0.3, -0.25) is 0 Å². The lowest BCUT2D eigenvalue weighted by Crippen LogP contribution is -2.16. The maximum atomic E-state index is 13.5. The number of nitrogens with two attached hydrogens (primary N) is 1. The molecule has 0 fully saturated rings. The molecule has 0 aliphatic heterocycles. The fourth-order valence-corrected chi connectivity index (χ4v) is 1.52. The minimum Gasteiger partial charge on any atom is -0.480 e. The topological polar surface area (TPSA) is 61.0 Å². The van der Waals surface area contributed by atoms with Gasteiger partial charge in [0.15, 0.2) is 0 Å². The van der Waals surface area contributed by atoms with Gasteiger partial charge in [0.25, 0.3) is 0 Å². The van der Waals surface area contributed by atoms with E-state index < -0.39 is 17.7 Å². The third-order valence-electron chi connectivity index (χ3n) is 2.49. The molecule has 94 valence electrons. The Kier molecular flexibility index (Phi) is 3.47. The van der Waals surface area contributed by atoms with Crippen LogP contribution in [-0.2, 0) is 0 Å². The van der Waals surface area contributed by atoms with Crippen molar-refractivity contribution >= 4 is 0 Å². The predicted molar refractivity (Wildman–Crippen MR) is 61.0 cm³/mol. The SMILES string of the molecule is COc1ccc(C(N)c2ccc(F)cc2F)nn1. The van der Waals surface area contributed by atoms with Gasteiger partial charge >= 0.3 is 0 Å². The van der Waals surface area contributed by atoms with Crippen LogP contribution < -0.4 is 10.5 Å². The highest BCUT2D eigenvalue weighted by molar-refractivity contribution is 5.29. The van der Waals surface area contributed by atoms with E-state index >= 15 is 0 Å². The molecule has 6 heteroatoms. The van der Waals surface area contributed by atoms with Gasteiger partial charge in [-0.05, 0) is 12.1 Å². The van der Waals surface area contributed by atoms with E-state index in [4.69, 9.17) is 10.5 Å². The maximum Gasteiger partial charge on any atom is 0.233 e. The Balaban J connectivity index is 2.31. The molecule has 0 spiro atoms. The maximum absolute atomic E-state index is 13.5. The van der Waals surface area contributed by atoms with Crippen molar-refractivity contribution in [3.05, 3.63) is 53.2 Å². The average Bonchev–Trinajstić information content (AvgIpc) is 2.38. The molecular weight excluding hydrogens is 240 g/mol. The minimum atomic E-state index is -0.802. The summed E-state index contributed by atoms with van der Waals surface area (Å²) >= 11 is 0. The highest BCUT2D eigenvalue weighted by Crippen LogP contribution is 2.21. The second-order valence-electron chi connectivity index (χ2n) is 3.64. The van der Waals surface area contributed by atoms with Crippen molar-refractivity contribution in [3.8, 4) is 5.88 Å². The van der Waals surface area contributed by atoms with Crippen molar-refractivity contribution in [3.63, 3.8) is 0 Å². The Morgan fingerprint density at radius 3 is 2.50 bits per heavy atom. The van der Waals surface area contributed by atoms with Crippen molar-refractivity contribution in [1.29, 1.82) is 0 Å². The molecule has 2 rings (SSSR count). The summed E-state index contributed by atoms with van der Waals surface area (Å²) in [6.45, 7) is 0. The number of methoxy groups -OCH3 is 1. The Hall–Kier alpha value is -2.08. The van der Waals surface area contributed by atoms with E-state index in [1.165, 1.54) is 13.2 Å². The smallest absolute Gasteiger partial charge is 0.233 e. The van der Waals surface area contributed by atoms with E-state index in [1.807, 2.05) is 0 Å². The number of halogens is 2. The molecule has 1 unspecified atom stereocenters. The Labute approximate surface area is 102 Å². The normalized spacial score (nSPS) is 12.2. The summed E-state index contributed by atoms with van der Waals surface area (Å²) in [5.74, 6) is -1.02. The van der Waals surface area contributed by atoms with E-state index in [1.54, 1.807) is 12.1 Å².